The number of rotatable bonds is 5. The first-order valence-electron chi connectivity index (χ1n) is 9.40. The number of nitrogens with one attached hydrogen (secondary N) is 1. The van der Waals surface area contributed by atoms with Crippen LogP contribution in [-0.2, 0) is 10.2 Å². The van der Waals surface area contributed by atoms with Gasteiger partial charge in [0, 0.05) is 23.8 Å². The predicted octanol–water partition coefficient (Wildman–Crippen LogP) is 3.96. The molecule has 9 heteroatoms. The first kappa shape index (κ1) is 18.2. The average Bonchev–Trinajstić information content (AvgIpc) is 3.17. The first-order chi connectivity index (χ1) is 14.5. The Bertz CT molecular complexity index is 1180. The van der Waals surface area contributed by atoms with Crippen LogP contribution in [0.25, 0.3) is 11.3 Å². The van der Waals surface area contributed by atoms with Crippen molar-refractivity contribution in [1.29, 1.82) is 0 Å². The molecule has 1 saturated carbocycles. The third-order valence-corrected chi connectivity index (χ3v) is 5.52. The van der Waals surface area contributed by atoms with Crippen molar-refractivity contribution in [3.8, 4) is 22.8 Å². The van der Waals surface area contributed by atoms with E-state index in [4.69, 9.17) is 14.0 Å². The number of carbonyl (C=O) groups is 1. The summed E-state index contributed by atoms with van der Waals surface area (Å²) in [4.78, 5) is 23.6. The molecule has 5 rings (SSSR count). The van der Waals surface area contributed by atoms with Crippen LogP contribution < -0.4 is 14.8 Å². The van der Waals surface area contributed by atoms with Crippen LogP contribution in [0.4, 0.5) is 11.4 Å². The number of hydrogen-bond acceptors (Lipinski definition) is 7. The summed E-state index contributed by atoms with van der Waals surface area (Å²) < 4.78 is 16.2. The number of aromatic nitrogens is 1. The molecule has 0 saturated heterocycles. The highest BCUT2D eigenvalue weighted by atomic mass is 16.7. The van der Waals surface area contributed by atoms with Gasteiger partial charge in [0.15, 0.2) is 17.3 Å². The van der Waals surface area contributed by atoms with Gasteiger partial charge < -0.3 is 19.3 Å². The van der Waals surface area contributed by atoms with Crippen LogP contribution in [0.5, 0.6) is 11.5 Å². The van der Waals surface area contributed by atoms with Crippen LogP contribution in [-0.4, -0.2) is 22.8 Å². The monoisotopic (exact) mass is 407 g/mol. The second kappa shape index (κ2) is 6.58. The molecular weight excluding hydrogens is 390 g/mol. The number of amides is 1. The second-order valence-corrected chi connectivity index (χ2v) is 7.44. The van der Waals surface area contributed by atoms with E-state index >= 15 is 0 Å². The van der Waals surface area contributed by atoms with E-state index in [1.165, 1.54) is 12.1 Å². The molecule has 9 nitrogen and oxygen atoms in total. The standard InChI is InChI=1S/C21H17N3O6/c1-12-2-4-14(24(26)27)9-15(12)22-20(25)21(6-7-21)19-10-17(30-23-19)13-3-5-16-18(8-13)29-11-28-16/h2-5,8-10H,6-7,11H2,1H3,(H,22,25). The first-order valence-corrected chi connectivity index (χ1v) is 9.40. The Morgan fingerprint density at radius 2 is 1.93 bits per heavy atom. The van der Waals surface area contributed by atoms with Gasteiger partial charge >= 0.3 is 0 Å². The van der Waals surface area contributed by atoms with Crippen molar-refractivity contribution in [2.24, 2.45) is 0 Å². The molecule has 1 N–H and O–H groups in total. The fourth-order valence-electron chi connectivity index (χ4n) is 3.51. The number of non-ortho nitro benzene ring substituents is 1. The summed E-state index contributed by atoms with van der Waals surface area (Å²) in [5.74, 6) is 1.57. The van der Waals surface area contributed by atoms with Crippen molar-refractivity contribution in [3.63, 3.8) is 0 Å². The van der Waals surface area contributed by atoms with Gasteiger partial charge in [-0.3, -0.25) is 14.9 Å². The third kappa shape index (κ3) is 2.95. The van der Waals surface area contributed by atoms with Crippen LogP contribution >= 0.6 is 0 Å². The number of nitrogens with zero attached hydrogens (tertiary/aromatic N) is 2. The van der Waals surface area contributed by atoms with Crippen molar-refractivity contribution in [2.75, 3.05) is 12.1 Å². The van der Waals surface area contributed by atoms with Gasteiger partial charge in [-0.05, 0) is 43.5 Å². The lowest BCUT2D eigenvalue weighted by atomic mass is 9.99. The molecule has 1 fully saturated rings. The summed E-state index contributed by atoms with van der Waals surface area (Å²) in [7, 11) is 0. The Balaban J connectivity index is 1.39. The predicted molar refractivity (Wildman–Crippen MR) is 105 cm³/mol. The smallest absolute Gasteiger partial charge is 0.271 e. The Labute approximate surface area is 170 Å². The molecule has 0 atom stereocenters. The molecule has 1 amide bonds. The summed E-state index contributed by atoms with van der Waals surface area (Å²) in [6, 6.07) is 11.6. The molecule has 2 aromatic carbocycles. The number of hydrogen-bond donors (Lipinski definition) is 1. The molecule has 30 heavy (non-hydrogen) atoms. The lowest BCUT2D eigenvalue weighted by molar-refractivity contribution is -0.384. The molecule has 2 heterocycles. The topological polar surface area (TPSA) is 117 Å². The summed E-state index contributed by atoms with van der Waals surface area (Å²) in [6.07, 6.45) is 1.25. The van der Waals surface area contributed by atoms with E-state index < -0.39 is 10.3 Å². The molecule has 152 valence electrons. The van der Waals surface area contributed by atoms with Crippen LogP contribution in [0.3, 0.4) is 0 Å². The molecule has 0 unspecified atom stereocenters. The molecule has 2 aliphatic rings. The van der Waals surface area contributed by atoms with Gasteiger partial charge in [-0.1, -0.05) is 11.2 Å². The Morgan fingerprint density at radius 3 is 2.70 bits per heavy atom. The summed E-state index contributed by atoms with van der Waals surface area (Å²) in [5, 5.41) is 18.0. The molecule has 0 radical (unpaired) electrons. The maximum Gasteiger partial charge on any atom is 0.271 e. The largest absolute Gasteiger partial charge is 0.454 e. The number of nitro groups is 1. The van der Waals surface area contributed by atoms with E-state index in [0.717, 1.165) is 11.1 Å². The second-order valence-electron chi connectivity index (χ2n) is 7.44. The summed E-state index contributed by atoms with van der Waals surface area (Å²) in [6.45, 7) is 1.97. The van der Waals surface area contributed by atoms with E-state index in [2.05, 4.69) is 10.5 Å². The quantitative estimate of drug-likeness (QED) is 0.502. The molecular formula is C21H17N3O6. The molecule has 0 bridgehead atoms. The highest BCUT2D eigenvalue weighted by Crippen LogP contribution is 2.49. The van der Waals surface area contributed by atoms with Crippen molar-refractivity contribution in [1.82, 2.24) is 5.16 Å². The third-order valence-electron chi connectivity index (χ3n) is 5.52. The lowest BCUT2D eigenvalue weighted by Crippen LogP contribution is -2.28. The SMILES string of the molecule is Cc1ccc([N+](=O)[O-])cc1NC(=O)C1(c2cc(-c3ccc4c(c3)OCO4)on2)CC1. The van der Waals surface area contributed by atoms with Gasteiger partial charge in [-0.2, -0.15) is 0 Å². The van der Waals surface area contributed by atoms with Crippen LogP contribution in [0.15, 0.2) is 47.0 Å². The summed E-state index contributed by atoms with van der Waals surface area (Å²) >= 11 is 0. The number of carbonyl (C=O) groups excluding carboxylic acids is 1. The van der Waals surface area contributed by atoms with Crippen molar-refractivity contribution in [3.05, 3.63) is 63.8 Å². The van der Waals surface area contributed by atoms with Crippen molar-refractivity contribution < 1.29 is 23.7 Å². The maximum absolute atomic E-state index is 13.0. The molecule has 1 aliphatic heterocycles. The number of benzene rings is 2. The Morgan fingerprint density at radius 1 is 1.13 bits per heavy atom. The van der Waals surface area contributed by atoms with Crippen molar-refractivity contribution >= 4 is 17.3 Å². The molecule has 1 aromatic heterocycles. The zero-order valence-corrected chi connectivity index (χ0v) is 16.0. The molecule has 1 aliphatic carbocycles. The van der Waals surface area contributed by atoms with E-state index in [1.807, 2.05) is 6.07 Å². The van der Waals surface area contributed by atoms with Crippen molar-refractivity contribution in [2.45, 2.75) is 25.2 Å². The number of anilines is 1. The van der Waals surface area contributed by atoms with E-state index in [9.17, 15) is 14.9 Å². The molecule has 0 spiro atoms. The van der Waals surface area contributed by atoms with Gasteiger partial charge in [0.05, 0.1) is 21.7 Å². The lowest BCUT2D eigenvalue weighted by Gasteiger charge is -2.14. The highest BCUT2D eigenvalue weighted by molar-refractivity contribution is 6.01. The summed E-state index contributed by atoms with van der Waals surface area (Å²) in [5.41, 5.74) is 1.59. The average molecular weight is 407 g/mol. The minimum absolute atomic E-state index is 0.0766. The van der Waals surface area contributed by atoms with Crippen LogP contribution in [0, 0.1) is 17.0 Å². The van der Waals surface area contributed by atoms with Crippen LogP contribution in [0.2, 0.25) is 0 Å². The minimum Gasteiger partial charge on any atom is -0.454 e. The zero-order chi connectivity index (χ0) is 20.9. The number of fused-ring (bicyclic) bond motifs is 1. The normalized spacial score (nSPS) is 15.6. The van der Waals surface area contributed by atoms with E-state index in [1.54, 1.807) is 31.2 Å². The maximum atomic E-state index is 13.0. The fourth-order valence-corrected chi connectivity index (χ4v) is 3.51. The van der Waals surface area contributed by atoms with Gasteiger partial charge in [0.1, 0.15) is 0 Å². The van der Waals surface area contributed by atoms with Gasteiger partial charge in [-0.25, -0.2) is 0 Å². The number of aryl methyl sites for hydroxylation is 1. The van der Waals surface area contributed by atoms with Gasteiger partial charge in [0.25, 0.3) is 5.69 Å². The zero-order valence-electron chi connectivity index (χ0n) is 16.0. The Kier molecular flexibility index (Phi) is 3.99. The minimum atomic E-state index is -0.796. The molecule has 3 aromatic rings. The van der Waals surface area contributed by atoms with E-state index in [0.29, 0.717) is 41.5 Å². The van der Waals surface area contributed by atoms with Crippen LogP contribution in [0.1, 0.15) is 24.1 Å². The van der Waals surface area contributed by atoms with E-state index in [-0.39, 0.29) is 18.4 Å². The highest BCUT2D eigenvalue weighted by Gasteiger charge is 2.54. The fraction of sp³-hybridized carbons (Fsp3) is 0.238. The number of nitro benzene ring substituents is 1. The van der Waals surface area contributed by atoms with Gasteiger partial charge in [-0.15, -0.1) is 0 Å². The number of ether oxygens (including phenoxy) is 2. The van der Waals surface area contributed by atoms with Gasteiger partial charge in [0.2, 0.25) is 12.7 Å². The Hall–Kier alpha value is -3.88.